The van der Waals surface area contributed by atoms with Gasteiger partial charge in [-0.05, 0) is 30.4 Å². The van der Waals surface area contributed by atoms with Gasteiger partial charge in [-0.15, -0.1) is 12.4 Å². The largest absolute Gasteiger partial charge is 0.352 e. The molecule has 6 heteroatoms. The number of fused-ring (bicyclic) bond motifs is 1. The molecule has 2 atom stereocenters. The summed E-state index contributed by atoms with van der Waals surface area (Å²) in [6.45, 7) is 0.366. The summed E-state index contributed by atoms with van der Waals surface area (Å²) < 4.78 is 0. The summed E-state index contributed by atoms with van der Waals surface area (Å²) >= 11 is 0. The Bertz CT molecular complexity index is 744. The molecule has 1 amide bonds. The molecule has 0 bridgehead atoms. The number of amides is 1. The number of H-pyrrole nitrogens is 1. The van der Waals surface area contributed by atoms with E-state index in [0.717, 1.165) is 35.7 Å². The van der Waals surface area contributed by atoms with E-state index in [9.17, 15) is 9.59 Å². The van der Waals surface area contributed by atoms with Gasteiger partial charge < -0.3 is 16.0 Å². The Hall–Kier alpha value is -1.85. The van der Waals surface area contributed by atoms with E-state index >= 15 is 0 Å². The quantitative estimate of drug-likeness (QED) is 0.799. The first-order valence-electron chi connectivity index (χ1n) is 7.77. The zero-order chi connectivity index (χ0) is 15.5. The van der Waals surface area contributed by atoms with Gasteiger partial charge in [0.1, 0.15) is 0 Å². The van der Waals surface area contributed by atoms with E-state index in [1.807, 2.05) is 24.3 Å². The van der Waals surface area contributed by atoms with Crippen LogP contribution in [-0.4, -0.2) is 16.9 Å². The van der Waals surface area contributed by atoms with Gasteiger partial charge in [-0.1, -0.05) is 24.6 Å². The van der Waals surface area contributed by atoms with Gasteiger partial charge in [-0.2, -0.15) is 0 Å². The molecule has 124 valence electrons. The number of carbonyl (C=O) groups excluding carboxylic acids is 1. The van der Waals surface area contributed by atoms with Crippen LogP contribution in [0.3, 0.4) is 0 Å². The fourth-order valence-electron chi connectivity index (χ4n) is 3.25. The topological polar surface area (TPSA) is 88.0 Å². The number of hydrogen-bond donors (Lipinski definition) is 3. The third kappa shape index (κ3) is 4.12. The Morgan fingerprint density at radius 2 is 2.09 bits per heavy atom. The highest BCUT2D eigenvalue weighted by Crippen LogP contribution is 2.26. The Balaban J connectivity index is 0.00000192. The van der Waals surface area contributed by atoms with Crippen LogP contribution in [0.4, 0.5) is 0 Å². The molecular weight excluding hydrogens is 314 g/mol. The van der Waals surface area contributed by atoms with Crippen LogP contribution >= 0.6 is 12.4 Å². The molecule has 1 fully saturated rings. The maximum absolute atomic E-state index is 12.1. The van der Waals surface area contributed by atoms with Crippen LogP contribution in [-0.2, 0) is 11.3 Å². The van der Waals surface area contributed by atoms with Crippen molar-refractivity contribution in [1.82, 2.24) is 10.3 Å². The fourth-order valence-corrected chi connectivity index (χ4v) is 3.25. The molecule has 4 N–H and O–H groups in total. The highest BCUT2D eigenvalue weighted by Gasteiger charge is 2.25. The van der Waals surface area contributed by atoms with E-state index in [0.29, 0.717) is 13.0 Å². The summed E-state index contributed by atoms with van der Waals surface area (Å²) in [4.78, 5) is 26.6. The zero-order valence-electron chi connectivity index (χ0n) is 12.9. The minimum absolute atomic E-state index is 0. The molecule has 1 aromatic carbocycles. The summed E-state index contributed by atoms with van der Waals surface area (Å²) in [5.74, 6) is 0.294. The van der Waals surface area contributed by atoms with Crippen LogP contribution in [0.2, 0.25) is 0 Å². The lowest BCUT2D eigenvalue weighted by Crippen LogP contribution is -2.31. The van der Waals surface area contributed by atoms with E-state index in [-0.39, 0.29) is 35.8 Å². The van der Waals surface area contributed by atoms with Gasteiger partial charge in [0.15, 0.2) is 0 Å². The first-order valence-corrected chi connectivity index (χ1v) is 7.77. The normalized spacial score (nSPS) is 20.2. The summed E-state index contributed by atoms with van der Waals surface area (Å²) in [5.41, 5.74) is 7.48. The van der Waals surface area contributed by atoms with E-state index in [2.05, 4.69) is 10.3 Å². The second-order valence-electron chi connectivity index (χ2n) is 6.04. The fraction of sp³-hybridized carbons (Fsp3) is 0.412. The van der Waals surface area contributed by atoms with Crippen molar-refractivity contribution in [3.8, 4) is 0 Å². The lowest BCUT2D eigenvalue weighted by atomic mass is 10.00. The van der Waals surface area contributed by atoms with Crippen molar-refractivity contribution in [1.29, 1.82) is 0 Å². The SMILES string of the molecule is Cl.N[C@@H]1CCC[C@H]1CC(=O)NCc1cc(=O)[nH]c2ccccc12. The first kappa shape index (κ1) is 17.5. The molecule has 1 saturated carbocycles. The van der Waals surface area contributed by atoms with Crippen LogP contribution in [0.5, 0.6) is 0 Å². The lowest BCUT2D eigenvalue weighted by molar-refractivity contribution is -0.122. The smallest absolute Gasteiger partial charge is 0.248 e. The number of halogens is 1. The van der Waals surface area contributed by atoms with Gasteiger partial charge in [-0.3, -0.25) is 9.59 Å². The van der Waals surface area contributed by atoms with Crippen LogP contribution in [0.15, 0.2) is 35.1 Å². The molecule has 3 rings (SSSR count). The van der Waals surface area contributed by atoms with Gasteiger partial charge >= 0.3 is 0 Å². The monoisotopic (exact) mass is 335 g/mol. The molecule has 0 unspecified atom stereocenters. The van der Waals surface area contributed by atoms with Crippen LogP contribution in [0.25, 0.3) is 10.9 Å². The van der Waals surface area contributed by atoms with Gasteiger partial charge in [0, 0.05) is 36.0 Å². The number of benzene rings is 1. The van der Waals surface area contributed by atoms with E-state index in [1.54, 1.807) is 6.07 Å². The molecule has 0 spiro atoms. The molecule has 0 aliphatic heterocycles. The van der Waals surface area contributed by atoms with Crippen molar-refractivity contribution in [2.75, 3.05) is 0 Å². The first-order chi connectivity index (χ1) is 10.6. The summed E-state index contributed by atoms with van der Waals surface area (Å²) in [7, 11) is 0. The Kier molecular flexibility index (Phi) is 5.80. The molecule has 1 aliphatic carbocycles. The molecule has 1 heterocycles. The number of carbonyl (C=O) groups is 1. The average Bonchev–Trinajstić information content (AvgIpc) is 2.90. The summed E-state index contributed by atoms with van der Waals surface area (Å²) in [5, 5.41) is 3.88. The minimum atomic E-state index is -0.152. The molecule has 5 nitrogen and oxygen atoms in total. The average molecular weight is 336 g/mol. The molecule has 0 saturated heterocycles. The van der Waals surface area contributed by atoms with Gasteiger partial charge in [0.2, 0.25) is 11.5 Å². The van der Waals surface area contributed by atoms with Gasteiger partial charge in [-0.25, -0.2) is 0 Å². The highest BCUT2D eigenvalue weighted by molar-refractivity contribution is 5.85. The van der Waals surface area contributed by atoms with Crippen LogP contribution < -0.4 is 16.6 Å². The molecule has 2 aromatic rings. The third-order valence-corrected chi connectivity index (χ3v) is 4.48. The number of rotatable bonds is 4. The number of hydrogen-bond acceptors (Lipinski definition) is 3. The maximum atomic E-state index is 12.1. The van der Waals surface area contributed by atoms with Crippen molar-refractivity contribution < 1.29 is 4.79 Å². The summed E-state index contributed by atoms with van der Waals surface area (Å²) in [6.07, 6.45) is 3.62. The van der Waals surface area contributed by atoms with Crippen LogP contribution in [0.1, 0.15) is 31.2 Å². The maximum Gasteiger partial charge on any atom is 0.248 e. The number of aromatic amines is 1. The van der Waals surface area contributed by atoms with Crippen molar-refractivity contribution in [3.63, 3.8) is 0 Å². The number of aromatic nitrogens is 1. The van der Waals surface area contributed by atoms with Gasteiger partial charge in [0.25, 0.3) is 0 Å². The van der Waals surface area contributed by atoms with Crippen molar-refractivity contribution in [2.45, 2.75) is 38.3 Å². The third-order valence-electron chi connectivity index (χ3n) is 4.48. The predicted octanol–water partition coefficient (Wildman–Crippen LogP) is 2.08. The van der Waals surface area contributed by atoms with Crippen LogP contribution in [0, 0.1) is 5.92 Å². The van der Waals surface area contributed by atoms with E-state index < -0.39 is 0 Å². The molecule has 0 radical (unpaired) electrons. The number of nitrogens with one attached hydrogen (secondary N) is 2. The van der Waals surface area contributed by atoms with E-state index in [4.69, 9.17) is 5.73 Å². The predicted molar refractivity (Wildman–Crippen MR) is 93.6 cm³/mol. The molecule has 23 heavy (non-hydrogen) atoms. The zero-order valence-corrected chi connectivity index (χ0v) is 13.7. The number of pyridine rings is 1. The standard InChI is InChI=1S/C17H21N3O2.ClH/c18-14-6-3-4-11(14)8-16(21)19-10-12-9-17(22)20-15-7-2-1-5-13(12)15;/h1-2,5,7,9,11,14H,3-4,6,8,10,18H2,(H,19,21)(H,20,22);1H/t11-,14+;/m0./s1. The Morgan fingerprint density at radius 1 is 1.30 bits per heavy atom. The van der Waals surface area contributed by atoms with Gasteiger partial charge in [0.05, 0.1) is 0 Å². The van der Waals surface area contributed by atoms with Crippen molar-refractivity contribution in [3.05, 3.63) is 46.2 Å². The highest BCUT2D eigenvalue weighted by atomic mass is 35.5. The number of nitrogens with two attached hydrogens (primary N) is 1. The van der Waals surface area contributed by atoms with Crippen molar-refractivity contribution in [2.24, 2.45) is 11.7 Å². The number of para-hydroxylation sites is 1. The Labute approximate surface area is 141 Å². The lowest BCUT2D eigenvalue weighted by Gasteiger charge is -2.15. The molecular formula is C17H22ClN3O2. The minimum Gasteiger partial charge on any atom is -0.352 e. The molecule has 1 aromatic heterocycles. The Morgan fingerprint density at radius 3 is 2.83 bits per heavy atom. The van der Waals surface area contributed by atoms with Crippen molar-refractivity contribution >= 4 is 29.2 Å². The summed E-state index contributed by atoms with van der Waals surface area (Å²) in [6, 6.07) is 9.29. The second kappa shape index (κ2) is 7.62. The van der Waals surface area contributed by atoms with E-state index in [1.165, 1.54) is 0 Å². The second-order valence-corrected chi connectivity index (χ2v) is 6.04. The molecule has 1 aliphatic rings.